The molecule has 0 unspecified atom stereocenters. The van der Waals surface area contributed by atoms with E-state index in [0.717, 1.165) is 19.3 Å². The Labute approximate surface area is 160 Å². The number of nitrogens with zero attached hydrogens (tertiary/aromatic N) is 1. The van der Waals surface area contributed by atoms with E-state index in [1.807, 2.05) is 12.1 Å². The summed E-state index contributed by atoms with van der Waals surface area (Å²) >= 11 is 7.32. The molecule has 0 spiro atoms. The van der Waals surface area contributed by atoms with E-state index in [0.29, 0.717) is 21.5 Å². The summed E-state index contributed by atoms with van der Waals surface area (Å²) in [6.45, 7) is 1.78. The molecule has 1 aliphatic carbocycles. The van der Waals surface area contributed by atoms with Crippen molar-refractivity contribution in [1.29, 1.82) is 5.26 Å². The topological polar surface area (TPSA) is 79.2 Å². The first-order valence-corrected chi connectivity index (χ1v) is 9.44. The van der Waals surface area contributed by atoms with Crippen molar-refractivity contribution in [3.05, 3.63) is 50.2 Å². The number of anilines is 1. The summed E-state index contributed by atoms with van der Waals surface area (Å²) in [5.74, 6) is -0.398. The molecular formula is C19H17ClN2O3S. The lowest BCUT2D eigenvalue weighted by molar-refractivity contribution is -0.119. The van der Waals surface area contributed by atoms with Gasteiger partial charge in [-0.3, -0.25) is 4.79 Å². The predicted octanol–water partition coefficient (Wildman–Crippen LogP) is 4.19. The van der Waals surface area contributed by atoms with E-state index in [1.54, 1.807) is 6.07 Å². The van der Waals surface area contributed by atoms with Crippen LogP contribution in [0.15, 0.2) is 24.3 Å². The van der Waals surface area contributed by atoms with Gasteiger partial charge in [0.2, 0.25) is 0 Å². The molecule has 0 saturated carbocycles. The summed E-state index contributed by atoms with van der Waals surface area (Å²) in [5, 5.41) is 12.0. The largest absolute Gasteiger partial charge is 0.451 e. The van der Waals surface area contributed by atoms with Crippen LogP contribution in [0.5, 0.6) is 0 Å². The number of thiophene rings is 1. The van der Waals surface area contributed by atoms with Crippen molar-refractivity contribution in [2.24, 2.45) is 5.92 Å². The number of ether oxygens (including phenoxy) is 1. The van der Waals surface area contributed by atoms with E-state index in [2.05, 4.69) is 12.2 Å². The summed E-state index contributed by atoms with van der Waals surface area (Å²) in [4.78, 5) is 26.0. The maximum Gasteiger partial charge on any atom is 0.348 e. The van der Waals surface area contributed by atoms with Crippen LogP contribution >= 0.6 is 22.9 Å². The Bertz CT molecular complexity index is 901. The Kier molecular flexibility index (Phi) is 5.60. The molecule has 1 aliphatic rings. The molecule has 0 bridgehead atoms. The van der Waals surface area contributed by atoms with Gasteiger partial charge in [-0.2, -0.15) is 5.26 Å². The van der Waals surface area contributed by atoms with E-state index < -0.39 is 18.5 Å². The van der Waals surface area contributed by atoms with E-state index in [-0.39, 0.29) is 5.56 Å². The van der Waals surface area contributed by atoms with Gasteiger partial charge in [-0.25, -0.2) is 4.79 Å². The van der Waals surface area contributed by atoms with Crippen LogP contribution in [0.1, 0.15) is 39.0 Å². The van der Waals surface area contributed by atoms with Crippen molar-refractivity contribution >= 4 is 40.5 Å². The van der Waals surface area contributed by atoms with Crippen molar-refractivity contribution in [3.8, 4) is 6.07 Å². The number of hydrogen-bond donors (Lipinski definition) is 1. The molecule has 1 aromatic carbocycles. The maximum atomic E-state index is 12.2. The number of carbonyl (C=O) groups is 2. The molecule has 1 aromatic heterocycles. The minimum atomic E-state index is -0.521. The molecule has 1 N–H and O–H groups in total. The highest BCUT2D eigenvalue weighted by Gasteiger charge is 2.22. The molecule has 26 heavy (non-hydrogen) atoms. The molecular weight excluding hydrogens is 372 g/mol. The van der Waals surface area contributed by atoms with Crippen LogP contribution in [0.4, 0.5) is 5.69 Å². The number of esters is 1. The van der Waals surface area contributed by atoms with Crippen molar-refractivity contribution in [3.63, 3.8) is 0 Å². The smallest absolute Gasteiger partial charge is 0.348 e. The van der Waals surface area contributed by atoms with Crippen molar-refractivity contribution in [2.45, 2.75) is 26.2 Å². The standard InChI is InChI=1S/C19H17ClN2O3S/c1-11-2-5-16-13(6-11)7-17(26-16)19(24)25-10-18(23)22-15-8-14(20)4-3-12(15)9-21/h3-4,7-8,11H,2,5-6,10H2,1H3,(H,22,23)/t11-/m0/s1. The zero-order valence-electron chi connectivity index (χ0n) is 14.2. The van der Waals surface area contributed by atoms with Crippen molar-refractivity contribution < 1.29 is 14.3 Å². The monoisotopic (exact) mass is 388 g/mol. The van der Waals surface area contributed by atoms with E-state index in [9.17, 15) is 9.59 Å². The minimum absolute atomic E-state index is 0.286. The zero-order valence-corrected chi connectivity index (χ0v) is 15.7. The van der Waals surface area contributed by atoms with Crippen LogP contribution in [-0.2, 0) is 22.4 Å². The molecule has 3 rings (SSSR count). The van der Waals surface area contributed by atoms with Gasteiger partial charge in [0.05, 0.1) is 11.3 Å². The van der Waals surface area contributed by atoms with Gasteiger partial charge in [0.15, 0.2) is 6.61 Å². The van der Waals surface area contributed by atoms with Crippen LogP contribution in [0.3, 0.4) is 0 Å². The van der Waals surface area contributed by atoms with Gasteiger partial charge in [0.1, 0.15) is 10.9 Å². The number of aryl methyl sites for hydroxylation is 1. The SMILES string of the molecule is C[C@H]1CCc2sc(C(=O)OCC(=O)Nc3cc(Cl)ccc3C#N)cc2C1. The number of rotatable bonds is 4. The molecule has 1 atom stereocenters. The van der Waals surface area contributed by atoms with Crippen molar-refractivity contribution in [1.82, 2.24) is 0 Å². The Hall–Kier alpha value is -2.36. The average Bonchev–Trinajstić information content (AvgIpc) is 3.03. The molecule has 5 nitrogen and oxygen atoms in total. The predicted molar refractivity (Wildman–Crippen MR) is 101 cm³/mol. The molecule has 134 valence electrons. The summed E-state index contributed by atoms with van der Waals surface area (Å²) < 4.78 is 5.11. The second kappa shape index (κ2) is 7.90. The normalized spacial score (nSPS) is 15.7. The van der Waals surface area contributed by atoms with Gasteiger partial charge >= 0.3 is 5.97 Å². The molecule has 1 amide bonds. The first-order valence-electron chi connectivity index (χ1n) is 8.24. The van der Waals surface area contributed by atoms with E-state index in [1.165, 1.54) is 33.9 Å². The molecule has 0 aliphatic heterocycles. The second-order valence-corrected chi connectivity index (χ2v) is 7.91. The van der Waals surface area contributed by atoms with E-state index in [4.69, 9.17) is 21.6 Å². The highest BCUT2D eigenvalue weighted by Crippen LogP contribution is 2.32. The molecule has 0 radical (unpaired) electrons. The number of fused-ring (bicyclic) bond motifs is 1. The molecule has 0 fully saturated rings. The highest BCUT2D eigenvalue weighted by atomic mass is 35.5. The fourth-order valence-electron chi connectivity index (χ4n) is 2.91. The summed E-state index contributed by atoms with van der Waals surface area (Å²) in [6.07, 6.45) is 3.09. The minimum Gasteiger partial charge on any atom is -0.451 e. The van der Waals surface area contributed by atoms with Crippen LogP contribution in [0, 0.1) is 17.2 Å². The Morgan fingerprint density at radius 1 is 1.42 bits per heavy atom. The molecule has 2 aromatic rings. The second-order valence-electron chi connectivity index (χ2n) is 6.33. The van der Waals surface area contributed by atoms with Gasteiger partial charge in [-0.15, -0.1) is 11.3 Å². The quantitative estimate of drug-likeness (QED) is 0.796. The number of benzene rings is 1. The number of amides is 1. The van der Waals surface area contributed by atoms with Gasteiger partial charge in [0.25, 0.3) is 5.91 Å². The molecule has 0 saturated heterocycles. The van der Waals surface area contributed by atoms with E-state index >= 15 is 0 Å². The highest BCUT2D eigenvalue weighted by molar-refractivity contribution is 7.14. The summed E-state index contributed by atoms with van der Waals surface area (Å²) in [6, 6.07) is 8.41. The van der Waals surface area contributed by atoms with Gasteiger partial charge in [-0.1, -0.05) is 18.5 Å². The lowest BCUT2D eigenvalue weighted by Gasteiger charge is -2.16. The van der Waals surface area contributed by atoms with Crippen LogP contribution < -0.4 is 5.32 Å². The van der Waals surface area contributed by atoms with Gasteiger partial charge < -0.3 is 10.1 Å². The fraction of sp³-hybridized carbons (Fsp3) is 0.316. The fourth-order valence-corrected chi connectivity index (χ4v) is 4.19. The summed E-state index contributed by atoms with van der Waals surface area (Å²) in [7, 11) is 0. The Balaban J connectivity index is 1.59. The summed E-state index contributed by atoms with van der Waals surface area (Å²) in [5.41, 5.74) is 1.79. The third kappa shape index (κ3) is 4.24. The Morgan fingerprint density at radius 2 is 2.23 bits per heavy atom. The number of hydrogen-bond acceptors (Lipinski definition) is 5. The lowest BCUT2D eigenvalue weighted by Crippen LogP contribution is -2.21. The number of carbonyl (C=O) groups excluding carboxylic acids is 2. The first-order chi connectivity index (χ1) is 12.5. The third-order valence-electron chi connectivity index (χ3n) is 4.24. The number of nitrogens with one attached hydrogen (secondary N) is 1. The first kappa shape index (κ1) is 18.4. The number of nitriles is 1. The molecule has 7 heteroatoms. The lowest BCUT2D eigenvalue weighted by atomic mass is 9.90. The van der Waals surface area contributed by atoms with Crippen LogP contribution in [-0.4, -0.2) is 18.5 Å². The maximum absolute atomic E-state index is 12.2. The van der Waals surface area contributed by atoms with Crippen molar-refractivity contribution in [2.75, 3.05) is 11.9 Å². The van der Waals surface area contributed by atoms with Gasteiger partial charge in [0, 0.05) is 9.90 Å². The van der Waals surface area contributed by atoms with Gasteiger partial charge in [-0.05, 0) is 55.0 Å². The Morgan fingerprint density at radius 3 is 3.00 bits per heavy atom. The van der Waals surface area contributed by atoms with Crippen LogP contribution in [0.2, 0.25) is 5.02 Å². The zero-order chi connectivity index (χ0) is 18.7. The van der Waals surface area contributed by atoms with Crippen LogP contribution in [0.25, 0.3) is 0 Å². The third-order valence-corrected chi connectivity index (χ3v) is 5.69. The number of halogens is 1. The average molecular weight is 389 g/mol. The molecule has 1 heterocycles.